The molecule has 82 valence electrons. The van der Waals surface area contributed by atoms with E-state index < -0.39 is 5.97 Å². The molecular formula is C12H15O3-. The summed E-state index contributed by atoms with van der Waals surface area (Å²) in [6.45, 7) is 5.89. The minimum absolute atomic E-state index is 0.122. The van der Waals surface area contributed by atoms with E-state index in [0.717, 1.165) is 5.56 Å². The van der Waals surface area contributed by atoms with Crippen LogP contribution in [0.4, 0.5) is 0 Å². The Kier molecular flexibility index (Phi) is 3.03. The van der Waals surface area contributed by atoms with Gasteiger partial charge in [-0.1, -0.05) is 32.9 Å². The van der Waals surface area contributed by atoms with E-state index in [1.807, 2.05) is 20.8 Å². The fourth-order valence-electron chi connectivity index (χ4n) is 1.46. The van der Waals surface area contributed by atoms with Gasteiger partial charge in [0.1, 0.15) is 5.75 Å². The first-order chi connectivity index (χ1) is 6.80. The first-order valence-electron chi connectivity index (χ1n) is 4.83. The van der Waals surface area contributed by atoms with Gasteiger partial charge in [0.2, 0.25) is 0 Å². The van der Waals surface area contributed by atoms with E-state index in [0.29, 0.717) is 5.56 Å². The molecule has 3 nitrogen and oxygen atoms in total. The molecule has 3 heteroatoms. The Bertz CT molecular complexity index is 375. The van der Waals surface area contributed by atoms with Crippen molar-refractivity contribution in [3.8, 4) is 5.75 Å². The molecule has 15 heavy (non-hydrogen) atoms. The highest BCUT2D eigenvalue weighted by atomic mass is 16.4. The smallest absolute Gasteiger partial charge is 0.119 e. The monoisotopic (exact) mass is 207 g/mol. The molecule has 0 amide bonds. The van der Waals surface area contributed by atoms with Gasteiger partial charge in [0.15, 0.2) is 0 Å². The Morgan fingerprint density at radius 1 is 1.40 bits per heavy atom. The molecule has 0 aromatic heterocycles. The van der Waals surface area contributed by atoms with Gasteiger partial charge in [0.05, 0.1) is 0 Å². The Balaban J connectivity index is 3.11. The summed E-state index contributed by atoms with van der Waals surface area (Å²) >= 11 is 0. The van der Waals surface area contributed by atoms with Gasteiger partial charge in [-0.05, 0) is 22.6 Å². The summed E-state index contributed by atoms with van der Waals surface area (Å²) in [5, 5.41) is 20.1. The Morgan fingerprint density at radius 3 is 2.47 bits per heavy atom. The number of hydrogen-bond acceptors (Lipinski definition) is 3. The molecule has 0 fully saturated rings. The van der Waals surface area contributed by atoms with Gasteiger partial charge < -0.3 is 15.0 Å². The zero-order valence-electron chi connectivity index (χ0n) is 9.20. The maximum atomic E-state index is 10.4. The number of carboxylic acids is 1. The molecule has 0 saturated heterocycles. The first kappa shape index (κ1) is 11.6. The van der Waals surface area contributed by atoms with Crippen LogP contribution in [0, 0.1) is 0 Å². The van der Waals surface area contributed by atoms with Crippen molar-refractivity contribution in [1.82, 2.24) is 0 Å². The van der Waals surface area contributed by atoms with Crippen LogP contribution in [0.25, 0.3) is 0 Å². The highest BCUT2D eigenvalue weighted by molar-refractivity contribution is 5.68. The fourth-order valence-corrected chi connectivity index (χ4v) is 1.46. The SMILES string of the molecule is CC(C)(C)c1cc(CC(=O)[O-])ccc1O. The molecular weight excluding hydrogens is 192 g/mol. The quantitative estimate of drug-likeness (QED) is 0.786. The molecule has 0 aliphatic heterocycles. The molecule has 0 atom stereocenters. The standard InChI is InChI=1S/C12H16O3/c1-12(2,3)9-6-8(7-11(14)15)4-5-10(9)13/h4-6,13H,7H2,1-3H3,(H,14,15)/p-1. The molecule has 0 aliphatic rings. The first-order valence-corrected chi connectivity index (χ1v) is 4.83. The number of carbonyl (C=O) groups is 1. The van der Waals surface area contributed by atoms with Gasteiger partial charge in [-0.2, -0.15) is 0 Å². The molecule has 0 saturated carbocycles. The predicted molar refractivity (Wildman–Crippen MR) is 55.5 cm³/mol. The third kappa shape index (κ3) is 2.98. The lowest BCUT2D eigenvalue weighted by Crippen LogP contribution is -2.24. The molecule has 1 aromatic carbocycles. The van der Waals surface area contributed by atoms with Crippen LogP contribution < -0.4 is 5.11 Å². The maximum Gasteiger partial charge on any atom is 0.119 e. The lowest BCUT2D eigenvalue weighted by Gasteiger charge is -2.21. The van der Waals surface area contributed by atoms with Crippen molar-refractivity contribution in [2.75, 3.05) is 0 Å². The molecule has 0 spiro atoms. The van der Waals surface area contributed by atoms with E-state index in [-0.39, 0.29) is 17.6 Å². The van der Waals surface area contributed by atoms with Crippen LogP contribution in [-0.4, -0.2) is 11.1 Å². The number of phenols is 1. The summed E-state index contributed by atoms with van der Waals surface area (Å²) < 4.78 is 0. The van der Waals surface area contributed by atoms with Crippen molar-refractivity contribution in [3.63, 3.8) is 0 Å². The number of aromatic hydroxyl groups is 1. The summed E-state index contributed by atoms with van der Waals surface area (Å²) in [6.07, 6.45) is -0.122. The molecule has 0 unspecified atom stereocenters. The van der Waals surface area contributed by atoms with Gasteiger partial charge in [-0.3, -0.25) is 0 Å². The zero-order valence-corrected chi connectivity index (χ0v) is 9.20. The summed E-state index contributed by atoms with van der Waals surface area (Å²) in [5.41, 5.74) is 1.20. The number of aliphatic carboxylic acids is 1. The molecule has 0 bridgehead atoms. The second-order valence-electron chi connectivity index (χ2n) is 4.65. The Hall–Kier alpha value is -1.51. The second kappa shape index (κ2) is 3.93. The van der Waals surface area contributed by atoms with Crippen molar-refractivity contribution < 1.29 is 15.0 Å². The van der Waals surface area contributed by atoms with Crippen LogP contribution >= 0.6 is 0 Å². The van der Waals surface area contributed by atoms with Crippen molar-refractivity contribution in [1.29, 1.82) is 0 Å². The normalized spacial score (nSPS) is 11.4. The number of carboxylic acid groups (broad SMARTS) is 1. The Labute approximate surface area is 89.4 Å². The molecule has 1 aromatic rings. The number of hydrogen-bond donors (Lipinski definition) is 1. The molecule has 0 aliphatic carbocycles. The van der Waals surface area contributed by atoms with E-state index in [2.05, 4.69) is 0 Å². The third-order valence-electron chi connectivity index (χ3n) is 2.22. The van der Waals surface area contributed by atoms with Gasteiger partial charge in [0, 0.05) is 12.4 Å². The van der Waals surface area contributed by atoms with Gasteiger partial charge in [-0.25, -0.2) is 0 Å². The number of phenolic OH excluding ortho intramolecular Hbond substituents is 1. The van der Waals surface area contributed by atoms with E-state index in [9.17, 15) is 15.0 Å². The minimum Gasteiger partial charge on any atom is -0.550 e. The van der Waals surface area contributed by atoms with Crippen LogP contribution in [0.1, 0.15) is 31.9 Å². The van der Waals surface area contributed by atoms with Crippen LogP contribution in [-0.2, 0) is 16.6 Å². The number of carbonyl (C=O) groups excluding carboxylic acids is 1. The molecule has 1 N–H and O–H groups in total. The van der Waals surface area contributed by atoms with E-state index in [1.54, 1.807) is 12.1 Å². The van der Waals surface area contributed by atoms with Crippen LogP contribution in [0.5, 0.6) is 5.75 Å². The molecule has 1 rings (SSSR count). The maximum absolute atomic E-state index is 10.4. The Morgan fingerprint density at radius 2 is 2.00 bits per heavy atom. The lowest BCUT2D eigenvalue weighted by atomic mass is 9.85. The van der Waals surface area contributed by atoms with Crippen molar-refractivity contribution in [2.24, 2.45) is 0 Å². The topological polar surface area (TPSA) is 60.4 Å². The average molecular weight is 207 g/mol. The number of benzene rings is 1. The van der Waals surface area contributed by atoms with Gasteiger partial charge >= 0.3 is 0 Å². The summed E-state index contributed by atoms with van der Waals surface area (Å²) in [6, 6.07) is 4.84. The highest BCUT2D eigenvalue weighted by Gasteiger charge is 2.18. The van der Waals surface area contributed by atoms with E-state index in [4.69, 9.17) is 0 Å². The minimum atomic E-state index is -1.11. The van der Waals surface area contributed by atoms with Crippen molar-refractivity contribution in [3.05, 3.63) is 29.3 Å². The van der Waals surface area contributed by atoms with Crippen LogP contribution in [0.2, 0.25) is 0 Å². The lowest BCUT2D eigenvalue weighted by molar-refractivity contribution is -0.304. The summed E-state index contributed by atoms with van der Waals surface area (Å²) in [4.78, 5) is 10.4. The largest absolute Gasteiger partial charge is 0.550 e. The number of rotatable bonds is 2. The van der Waals surface area contributed by atoms with Crippen molar-refractivity contribution >= 4 is 5.97 Å². The van der Waals surface area contributed by atoms with Gasteiger partial charge in [0.25, 0.3) is 0 Å². The van der Waals surface area contributed by atoms with Gasteiger partial charge in [-0.15, -0.1) is 0 Å². The van der Waals surface area contributed by atoms with E-state index >= 15 is 0 Å². The van der Waals surface area contributed by atoms with E-state index in [1.165, 1.54) is 6.07 Å². The molecule has 0 heterocycles. The average Bonchev–Trinajstić information content (AvgIpc) is 2.05. The van der Waals surface area contributed by atoms with Crippen LogP contribution in [0.3, 0.4) is 0 Å². The molecule has 0 radical (unpaired) electrons. The zero-order chi connectivity index (χ0) is 11.6. The second-order valence-corrected chi connectivity index (χ2v) is 4.65. The fraction of sp³-hybridized carbons (Fsp3) is 0.417. The van der Waals surface area contributed by atoms with Crippen LogP contribution in [0.15, 0.2) is 18.2 Å². The highest BCUT2D eigenvalue weighted by Crippen LogP contribution is 2.31. The summed E-state index contributed by atoms with van der Waals surface area (Å²) in [5.74, 6) is -0.912. The predicted octanol–water partition coefficient (Wildman–Crippen LogP) is 0.982. The van der Waals surface area contributed by atoms with Crippen molar-refractivity contribution in [2.45, 2.75) is 32.6 Å². The summed E-state index contributed by atoms with van der Waals surface area (Å²) in [7, 11) is 0. The third-order valence-corrected chi connectivity index (χ3v) is 2.22.